The number of pyridine rings is 1. The Bertz CT molecular complexity index is 1140. The molecule has 0 unspecified atom stereocenters. The molecule has 0 amide bonds. The average Bonchev–Trinajstić information content (AvgIpc) is 2.97. The van der Waals surface area contributed by atoms with Crippen molar-refractivity contribution in [1.29, 1.82) is 0 Å². The van der Waals surface area contributed by atoms with E-state index >= 15 is 0 Å². The number of hydrogen-bond donors (Lipinski definition) is 1. The topological polar surface area (TPSA) is 24.9 Å². The number of benzene rings is 3. The van der Waals surface area contributed by atoms with Gasteiger partial charge in [0.2, 0.25) is 0 Å². The van der Waals surface area contributed by atoms with Crippen molar-refractivity contribution >= 4 is 11.4 Å². The highest BCUT2D eigenvalue weighted by atomic mass is 14.9. The number of rotatable bonds is 3. The Labute approximate surface area is 165 Å². The van der Waals surface area contributed by atoms with Crippen molar-refractivity contribution in [3.63, 3.8) is 0 Å². The molecule has 5 rings (SSSR count). The van der Waals surface area contributed by atoms with Crippen LogP contribution in [0.3, 0.4) is 0 Å². The average molecular weight is 362 g/mol. The van der Waals surface area contributed by atoms with Crippen molar-refractivity contribution in [2.75, 3.05) is 5.32 Å². The molecule has 0 atom stereocenters. The molecule has 1 aromatic heterocycles. The zero-order valence-corrected chi connectivity index (χ0v) is 16.1. The summed E-state index contributed by atoms with van der Waals surface area (Å²) >= 11 is 0. The van der Waals surface area contributed by atoms with E-state index in [2.05, 4.69) is 90.9 Å². The van der Waals surface area contributed by atoms with Crippen LogP contribution in [-0.2, 0) is 5.41 Å². The molecule has 0 saturated heterocycles. The standard InChI is InChI=1S/C26H22N2/c1-26(2)23-8-4-3-7-21(23)22-15-14-20(17-24(22)26)28-19-12-10-18(11-13-19)25-9-5-6-16-27-25/h3-17,28H,1-2H3. The summed E-state index contributed by atoms with van der Waals surface area (Å²) in [7, 11) is 0. The Morgan fingerprint density at radius 3 is 2.18 bits per heavy atom. The third-order valence-corrected chi connectivity index (χ3v) is 5.72. The first kappa shape index (κ1) is 16.8. The zero-order valence-electron chi connectivity index (χ0n) is 16.1. The quantitative estimate of drug-likeness (QED) is 0.433. The van der Waals surface area contributed by atoms with Crippen LogP contribution in [0.25, 0.3) is 22.4 Å². The summed E-state index contributed by atoms with van der Waals surface area (Å²) in [5, 5.41) is 3.56. The summed E-state index contributed by atoms with van der Waals surface area (Å²) in [6, 6.07) is 29.9. The monoisotopic (exact) mass is 362 g/mol. The summed E-state index contributed by atoms with van der Waals surface area (Å²) in [5.74, 6) is 0. The Balaban J connectivity index is 1.44. The molecule has 2 heteroatoms. The van der Waals surface area contributed by atoms with Crippen molar-refractivity contribution in [3.8, 4) is 22.4 Å². The number of anilines is 2. The highest BCUT2D eigenvalue weighted by Gasteiger charge is 2.35. The maximum absolute atomic E-state index is 4.42. The van der Waals surface area contributed by atoms with Crippen LogP contribution in [0.4, 0.5) is 11.4 Å². The highest BCUT2D eigenvalue weighted by Crippen LogP contribution is 2.49. The van der Waals surface area contributed by atoms with Gasteiger partial charge in [0.15, 0.2) is 0 Å². The van der Waals surface area contributed by atoms with Gasteiger partial charge in [-0.05, 0) is 58.7 Å². The van der Waals surface area contributed by atoms with Gasteiger partial charge in [-0.25, -0.2) is 0 Å². The lowest BCUT2D eigenvalue weighted by atomic mass is 9.82. The summed E-state index contributed by atoms with van der Waals surface area (Å²) in [6.45, 7) is 4.62. The largest absolute Gasteiger partial charge is 0.356 e. The molecular formula is C26H22N2. The molecule has 0 saturated carbocycles. The lowest BCUT2D eigenvalue weighted by Gasteiger charge is -2.22. The smallest absolute Gasteiger partial charge is 0.0701 e. The van der Waals surface area contributed by atoms with Gasteiger partial charge in [0.25, 0.3) is 0 Å². The van der Waals surface area contributed by atoms with Gasteiger partial charge in [-0.15, -0.1) is 0 Å². The molecule has 2 nitrogen and oxygen atoms in total. The molecule has 4 aromatic rings. The van der Waals surface area contributed by atoms with Crippen molar-refractivity contribution in [1.82, 2.24) is 4.98 Å². The van der Waals surface area contributed by atoms with Crippen LogP contribution in [0.15, 0.2) is 91.1 Å². The molecule has 0 aliphatic heterocycles. The second kappa shape index (κ2) is 6.35. The van der Waals surface area contributed by atoms with Crippen LogP contribution in [-0.4, -0.2) is 4.98 Å². The first-order valence-electron chi connectivity index (χ1n) is 9.66. The second-order valence-electron chi connectivity index (χ2n) is 7.85. The van der Waals surface area contributed by atoms with Gasteiger partial charge in [-0.1, -0.05) is 62.4 Å². The van der Waals surface area contributed by atoms with Crippen LogP contribution in [0.1, 0.15) is 25.0 Å². The SMILES string of the molecule is CC1(C)c2ccccc2-c2ccc(Nc3ccc(-c4ccccn4)cc3)cc21. The van der Waals surface area contributed by atoms with Gasteiger partial charge in [0.1, 0.15) is 0 Å². The van der Waals surface area contributed by atoms with E-state index in [9.17, 15) is 0 Å². The van der Waals surface area contributed by atoms with E-state index in [4.69, 9.17) is 0 Å². The Morgan fingerprint density at radius 2 is 1.39 bits per heavy atom. The molecule has 0 spiro atoms. The summed E-state index contributed by atoms with van der Waals surface area (Å²) < 4.78 is 0. The van der Waals surface area contributed by atoms with Crippen molar-refractivity contribution in [2.24, 2.45) is 0 Å². The van der Waals surface area contributed by atoms with E-state index in [0.717, 1.165) is 22.6 Å². The lowest BCUT2D eigenvalue weighted by molar-refractivity contribution is 0.660. The summed E-state index contributed by atoms with van der Waals surface area (Å²) in [6.07, 6.45) is 1.83. The number of nitrogens with zero attached hydrogens (tertiary/aromatic N) is 1. The fraction of sp³-hybridized carbons (Fsp3) is 0.115. The molecule has 3 aromatic carbocycles. The number of fused-ring (bicyclic) bond motifs is 3. The molecule has 1 aliphatic carbocycles. The van der Waals surface area contributed by atoms with Crippen LogP contribution >= 0.6 is 0 Å². The van der Waals surface area contributed by atoms with Crippen LogP contribution < -0.4 is 5.32 Å². The van der Waals surface area contributed by atoms with Crippen LogP contribution in [0.2, 0.25) is 0 Å². The summed E-state index contributed by atoms with van der Waals surface area (Å²) in [4.78, 5) is 4.42. The fourth-order valence-electron chi connectivity index (χ4n) is 4.21. The Hall–Kier alpha value is -3.39. The zero-order chi connectivity index (χ0) is 19.1. The van der Waals surface area contributed by atoms with Gasteiger partial charge >= 0.3 is 0 Å². The van der Waals surface area contributed by atoms with E-state index in [0.29, 0.717) is 0 Å². The Morgan fingerprint density at radius 1 is 0.679 bits per heavy atom. The molecule has 28 heavy (non-hydrogen) atoms. The lowest BCUT2D eigenvalue weighted by Crippen LogP contribution is -2.15. The first-order chi connectivity index (χ1) is 13.6. The van der Waals surface area contributed by atoms with Gasteiger partial charge in [0.05, 0.1) is 5.69 Å². The minimum atomic E-state index is 0.0203. The predicted octanol–water partition coefficient (Wildman–Crippen LogP) is 6.80. The van der Waals surface area contributed by atoms with Crippen molar-refractivity contribution < 1.29 is 0 Å². The molecule has 0 fully saturated rings. The maximum atomic E-state index is 4.42. The van der Waals surface area contributed by atoms with E-state index in [1.54, 1.807) is 0 Å². The number of nitrogens with one attached hydrogen (secondary N) is 1. The maximum Gasteiger partial charge on any atom is 0.0701 e. The third kappa shape index (κ3) is 2.69. The molecule has 1 aliphatic rings. The third-order valence-electron chi connectivity index (χ3n) is 5.72. The van der Waals surface area contributed by atoms with Gasteiger partial charge in [-0.3, -0.25) is 4.98 Å². The minimum absolute atomic E-state index is 0.0203. The van der Waals surface area contributed by atoms with E-state index < -0.39 is 0 Å². The first-order valence-corrected chi connectivity index (χ1v) is 9.66. The van der Waals surface area contributed by atoms with Gasteiger partial charge in [-0.2, -0.15) is 0 Å². The minimum Gasteiger partial charge on any atom is -0.356 e. The second-order valence-corrected chi connectivity index (χ2v) is 7.85. The molecule has 0 radical (unpaired) electrons. The van der Waals surface area contributed by atoms with E-state index in [1.165, 1.54) is 22.3 Å². The normalized spacial score (nSPS) is 13.6. The molecular weight excluding hydrogens is 340 g/mol. The Kier molecular flexibility index (Phi) is 3.80. The van der Waals surface area contributed by atoms with Gasteiger partial charge in [0, 0.05) is 28.6 Å². The molecule has 136 valence electrons. The predicted molar refractivity (Wildman–Crippen MR) is 117 cm³/mol. The van der Waals surface area contributed by atoms with Crippen molar-refractivity contribution in [3.05, 3.63) is 102 Å². The fourth-order valence-corrected chi connectivity index (χ4v) is 4.21. The molecule has 1 heterocycles. The summed E-state index contributed by atoms with van der Waals surface area (Å²) in [5.41, 5.74) is 9.81. The molecule has 0 bridgehead atoms. The van der Waals surface area contributed by atoms with Crippen molar-refractivity contribution in [2.45, 2.75) is 19.3 Å². The number of hydrogen-bond acceptors (Lipinski definition) is 2. The van der Waals surface area contributed by atoms with Crippen LogP contribution in [0.5, 0.6) is 0 Å². The van der Waals surface area contributed by atoms with Gasteiger partial charge < -0.3 is 5.32 Å². The molecule has 1 N–H and O–H groups in total. The van der Waals surface area contributed by atoms with Crippen LogP contribution in [0, 0.1) is 0 Å². The van der Waals surface area contributed by atoms with E-state index in [1.807, 2.05) is 24.4 Å². The highest BCUT2D eigenvalue weighted by molar-refractivity contribution is 5.83. The van der Waals surface area contributed by atoms with E-state index in [-0.39, 0.29) is 5.41 Å². The number of aromatic nitrogens is 1.